The van der Waals surface area contributed by atoms with Crippen molar-refractivity contribution in [2.24, 2.45) is 5.92 Å². The summed E-state index contributed by atoms with van der Waals surface area (Å²) >= 11 is 0. The molecule has 2 unspecified atom stereocenters. The lowest BCUT2D eigenvalue weighted by molar-refractivity contribution is -0.127. The van der Waals surface area contributed by atoms with Crippen LogP contribution in [0.1, 0.15) is 39.5 Å². The Morgan fingerprint density at radius 2 is 2.08 bits per heavy atom. The third-order valence-corrected chi connectivity index (χ3v) is 5.68. The Balaban J connectivity index is 2.06. The first-order valence-corrected chi connectivity index (χ1v) is 10.7. The van der Waals surface area contributed by atoms with Crippen molar-refractivity contribution in [2.45, 2.75) is 45.6 Å². The maximum Gasteiger partial charge on any atom is 0.263 e. The fourth-order valence-electron chi connectivity index (χ4n) is 2.95. The van der Waals surface area contributed by atoms with Gasteiger partial charge in [0.25, 0.3) is 5.91 Å². The van der Waals surface area contributed by atoms with Crippen LogP contribution in [0.15, 0.2) is 24.3 Å². The minimum Gasteiger partial charge on any atom is -0.476 e. The molecule has 7 heteroatoms. The van der Waals surface area contributed by atoms with Crippen LogP contribution in [0.25, 0.3) is 0 Å². The second kappa shape index (κ2) is 8.56. The normalized spacial score (nSPS) is 18.2. The van der Waals surface area contributed by atoms with Crippen LogP contribution in [-0.4, -0.2) is 39.8 Å². The summed E-state index contributed by atoms with van der Waals surface area (Å²) in [5.74, 6) is 0.584. The van der Waals surface area contributed by atoms with Crippen LogP contribution < -0.4 is 14.4 Å². The second-order valence-electron chi connectivity index (χ2n) is 6.53. The van der Waals surface area contributed by atoms with Gasteiger partial charge in [0.05, 0.1) is 18.5 Å². The van der Waals surface area contributed by atoms with Crippen molar-refractivity contribution < 1.29 is 17.9 Å². The lowest BCUT2D eigenvalue weighted by atomic mass is 9.99. The van der Waals surface area contributed by atoms with Crippen LogP contribution in [0.4, 0.5) is 5.69 Å². The minimum absolute atomic E-state index is 0.00652. The summed E-state index contributed by atoms with van der Waals surface area (Å²) in [7, 11) is -3.48. The summed E-state index contributed by atoms with van der Waals surface area (Å²) in [5, 5.41) is 2.93. The molecule has 0 fully saturated rings. The van der Waals surface area contributed by atoms with Crippen LogP contribution in [-0.2, 0) is 14.8 Å². The molecule has 0 bridgehead atoms. The number of nitrogens with zero attached hydrogens (tertiary/aromatic N) is 1. The molecule has 1 heterocycles. The SMILES string of the molecule is CCCCC(CC)CNC(=O)C1CN(S(C)(=O)=O)c2ccccc2O1. The van der Waals surface area contributed by atoms with Gasteiger partial charge < -0.3 is 10.1 Å². The molecule has 140 valence electrons. The summed E-state index contributed by atoms with van der Waals surface area (Å²) in [6.45, 7) is 4.85. The van der Waals surface area contributed by atoms with E-state index in [1.807, 2.05) is 0 Å². The van der Waals surface area contributed by atoms with Gasteiger partial charge in [-0.3, -0.25) is 9.10 Å². The zero-order valence-electron chi connectivity index (χ0n) is 15.2. The van der Waals surface area contributed by atoms with Crippen LogP contribution >= 0.6 is 0 Å². The highest BCUT2D eigenvalue weighted by Crippen LogP contribution is 2.34. The number of hydrogen-bond acceptors (Lipinski definition) is 4. The smallest absolute Gasteiger partial charge is 0.263 e. The van der Waals surface area contributed by atoms with E-state index in [1.165, 1.54) is 4.31 Å². The van der Waals surface area contributed by atoms with E-state index in [1.54, 1.807) is 24.3 Å². The fourth-order valence-corrected chi connectivity index (χ4v) is 3.87. The third kappa shape index (κ3) is 5.11. The van der Waals surface area contributed by atoms with E-state index in [0.29, 0.717) is 23.9 Å². The fraction of sp³-hybridized carbons (Fsp3) is 0.611. The summed E-state index contributed by atoms with van der Waals surface area (Å²) in [6, 6.07) is 6.88. The van der Waals surface area contributed by atoms with Crippen LogP contribution in [0.5, 0.6) is 5.75 Å². The molecule has 2 atom stereocenters. The van der Waals surface area contributed by atoms with Crippen molar-refractivity contribution in [2.75, 3.05) is 23.7 Å². The molecular weight excluding hydrogens is 340 g/mol. The number of nitrogens with one attached hydrogen (secondary N) is 1. The summed E-state index contributed by atoms with van der Waals surface area (Å²) in [4.78, 5) is 12.5. The zero-order chi connectivity index (χ0) is 18.4. The molecule has 0 saturated heterocycles. The second-order valence-corrected chi connectivity index (χ2v) is 8.44. The molecule has 1 aromatic carbocycles. The Hall–Kier alpha value is -1.76. The maximum absolute atomic E-state index is 12.5. The van der Waals surface area contributed by atoms with Gasteiger partial charge >= 0.3 is 0 Å². The van der Waals surface area contributed by atoms with Gasteiger partial charge in [-0.25, -0.2) is 8.42 Å². The molecule has 0 aliphatic carbocycles. The number of ether oxygens (including phenoxy) is 1. The van der Waals surface area contributed by atoms with Gasteiger partial charge in [-0.15, -0.1) is 0 Å². The number of unbranched alkanes of at least 4 members (excludes halogenated alkanes) is 1. The maximum atomic E-state index is 12.5. The Bertz CT molecular complexity index is 690. The molecule has 0 aromatic heterocycles. The molecule has 0 spiro atoms. The Morgan fingerprint density at radius 3 is 2.72 bits per heavy atom. The molecule has 1 aliphatic rings. The van der Waals surface area contributed by atoms with E-state index >= 15 is 0 Å². The summed E-state index contributed by atoms with van der Waals surface area (Å²) in [5.41, 5.74) is 0.475. The Kier molecular flexibility index (Phi) is 6.70. The van der Waals surface area contributed by atoms with Gasteiger partial charge in [-0.1, -0.05) is 45.2 Å². The van der Waals surface area contributed by atoms with Crippen molar-refractivity contribution in [3.05, 3.63) is 24.3 Å². The molecule has 2 rings (SSSR count). The zero-order valence-corrected chi connectivity index (χ0v) is 16.0. The van der Waals surface area contributed by atoms with Crippen molar-refractivity contribution in [1.29, 1.82) is 0 Å². The molecule has 0 radical (unpaired) electrons. The molecule has 25 heavy (non-hydrogen) atoms. The highest BCUT2D eigenvalue weighted by atomic mass is 32.2. The number of rotatable bonds is 8. The van der Waals surface area contributed by atoms with Crippen LogP contribution in [0.2, 0.25) is 0 Å². The topological polar surface area (TPSA) is 75.7 Å². The standard InChI is InChI=1S/C18H28N2O4S/c1-4-6-9-14(5-2)12-19-18(21)17-13-20(25(3,22)23)15-10-7-8-11-16(15)24-17/h7-8,10-11,14,17H,4-6,9,12-13H2,1-3H3,(H,19,21). The molecule has 1 amide bonds. The largest absolute Gasteiger partial charge is 0.476 e. The van der Waals surface area contributed by atoms with Crippen molar-refractivity contribution in [3.63, 3.8) is 0 Å². The minimum atomic E-state index is -3.48. The molecular formula is C18H28N2O4S. The van der Waals surface area contributed by atoms with E-state index in [0.717, 1.165) is 31.9 Å². The van der Waals surface area contributed by atoms with Crippen molar-refractivity contribution in [3.8, 4) is 5.75 Å². The average molecular weight is 368 g/mol. The van der Waals surface area contributed by atoms with Crippen LogP contribution in [0, 0.1) is 5.92 Å². The van der Waals surface area contributed by atoms with Gasteiger partial charge in [0.1, 0.15) is 5.75 Å². The number of para-hydroxylation sites is 2. The van der Waals surface area contributed by atoms with Gasteiger partial charge in [0, 0.05) is 6.54 Å². The van der Waals surface area contributed by atoms with E-state index < -0.39 is 16.1 Å². The monoisotopic (exact) mass is 368 g/mol. The highest BCUT2D eigenvalue weighted by Gasteiger charge is 2.34. The first kappa shape index (κ1) is 19.6. The van der Waals surface area contributed by atoms with E-state index in [4.69, 9.17) is 4.74 Å². The third-order valence-electron chi connectivity index (χ3n) is 4.54. The van der Waals surface area contributed by atoms with E-state index in [2.05, 4.69) is 19.2 Å². The number of hydrogen-bond donors (Lipinski definition) is 1. The van der Waals surface area contributed by atoms with Crippen LogP contribution in [0.3, 0.4) is 0 Å². The number of carbonyl (C=O) groups is 1. The number of sulfonamides is 1. The summed E-state index contributed by atoms with van der Waals surface area (Å²) in [6.07, 6.45) is 4.66. The lowest BCUT2D eigenvalue weighted by Crippen LogP contribution is -2.51. The Morgan fingerprint density at radius 1 is 1.36 bits per heavy atom. The van der Waals surface area contributed by atoms with E-state index in [9.17, 15) is 13.2 Å². The number of fused-ring (bicyclic) bond motifs is 1. The van der Waals surface area contributed by atoms with Crippen molar-refractivity contribution in [1.82, 2.24) is 5.32 Å². The number of carbonyl (C=O) groups excluding carboxylic acids is 1. The number of amides is 1. The summed E-state index contributed by atoms with van der Waals surface area (Å²) < 4.78 is 31.2. The van der Waals surface area contributed by atoms with Gasteiger partial charge in [0.2, 0.25) is 10.0 Å². The Labute approximate surface area is 150 Å². The lowest BCUT2D eigenvalue weighted by Gasteiger charge is -2.34. The highest BCUT2D eigenvalue weighted by molar-refractivity contribution is 7.92. The molecule has 1 aliphatic heterocycles. The molecule has 1 N–H and O–H groups in total. The van der Waals surface area contributed by atoms with Crippen molar-refractivity contribution >= 4 is 21.6 Å². The van der Waals surface area contributed by atoms with Gasteiger partial charge in [0.15, 0.2) is 6.10 Å². The first-order chi connectivity index (χ1) is 11.9. The predicted molar refractivity (Wildman–Crippen MR) is 99.4 cm³/mol. The number of benzene rings is 1. The molecule has 6 nitrogen and oxygen atoms in total. The van der Waals surface area contributed by atoms with Gasteiger partial charge in [-0.05, 0) is 24.5 Å². The first-order valence-electron chi connectivity index (χ1n) is 8.87. The van der Waals surface area contributed by atoms with E-state index in [-0.39, 0.29) is 12.5 Å². The molecule has 0 saturated carbocycles. The predicted octanol–water partition coefficient (Wildman–Crippen LogP) is 2.55. The average Bonchev–Trinajstić information content (AvgIpc) is 2.59. The molecule has 1 aromatic rings. The number of anilines is 1. The van der Waals surface area contributed by atoms with Gasteiger partial charge in [-0.2, -0.15) is 0 Å². The quantitative estimate of drug-likeness (QED) is 0.765.